The molecule has 2 aromatic heterocycles. The van der Waals surface area contributed by atoms with E-state index >= 15 is 0 Å². The molecule has 0 spiro atoms. The summed E-state index contributed by atoms with van der Waals surface area (Å²) < 4.78 is 6.90. The smallest absolute Gasteiger partial charge is 0.319 e. The molecular formula is C32H49ClN6O4. The van der Waals surface area contributed by atoms with Crippen LogP contribution in [0.15, 0.2) is 18.2 Å². The van der Waals surface area contributed by atoms with Crippen molar-refractivity contribution in [2.45, 2.75) is 111 Å². The topological polar surface area (TPSA) is 134 Å². The number of carbonyl (C=O) groups is 2. The zero-order valence-corrected chi connectivity index (χ0v) is 27.4. The molecule has 0 aliphatic heterocycles. The minimum absolute atomic E-state index is 0.0853. The van der Waals surface area contributed by atoms with Crippen LogP contribution in [0.1, 0.15) is 111 Å². The zero-order chi connectivity index (χ0) is 31.6. The van der Waals surface area contributed by atoms with Gasteiger partial charge in [-0.15, -0.1) is 9.73 Å². The number of H-pyrrole nitrogens is 1. The van der Waals surface area contributed by atoms with Crippen LogP contribution in [0.4, 0.5) is 10.5 Å². The number of nitrogens with one attached hydrogen (secondary N) is 3. The van der Waals surface area contributed by atoms with E-state index in [0.29, 0.717) is 34.4 Å². The first-order valence-electron chi connectivity index (χ1n) is 15.5. The fraction of sp³-hybridized carbons (Fsp3) is 0.625. The molecule has 10 nitrogen and oxygen atoms in total. The van der Waals surface area contributed by atoms with E-state index in [1.54, 1.807) is 26.0 Å². The number of anilines is 1. The molecule has 3 rings (SSSR count). The highest BCUT2D eigenvalue weighted by atomic mass is 35.5. The Morgan fingerprint density at radius 1 is 0.977 bits per heavy atom. The highest BCUT2D eigenvalue weighted by Gasteiger charge is 2.30. The number of aromatic nitrogens is 4. The van der Waals surface area contributed by atoms with Gasteiger partial charge in [0.15, 0.2) is 11.5 Å². The maximum Gasteiger partial charge on any atom is 0.319 e. The van der Waals surface area contributed by atoms with Crippen LogP contribution < -0.4 is 10.6 Å². The van der Waals surface area contributed by atoms with Crippen molar-refractivity contribution in [3.8, 4) is 17.1 Å². The number of nitrogens with zero attached hydrogens (tertiary/aromatic N) is 3. The van der Waals surface area contributed by atoms with Gasteiger partial charge in [-0.1, -0.05) is 97.1 Å². The van der Waals surface area contributed by atoms with E-state index in [2.05, 4.69) is 32.7 Å². The number of aromatic amines is 1. The molecule has 2 heterocycles. The average Bonchev–Trinajstić information content (AvgIpc) is 3.49. The van der Waals surface area contributed by atoms with Crippen LogP contribution in [0, 0.1) is 5.41 Å². The number of amides is 2. The Kier molecular flexibility index (Phi) is 12.3. The highest BCUT2D eigenvalue weighted by molar-refractivity contribution is 6.34. The summed E-state index contributed by atoms with van der Waals surface area (Å²) in [5, 5.41) is 25.4. The Labute approximate surface area is 260 Å². The number of aromatic hydroxyl groups is 1. The predicted octanol–water partition coefficient (Wildman–Crippen LogP) is 7.99. The molecule has 43 heavy (non-hydrogen) atoms. The predicted molar refractivity (Wildman–Crippen MR) is 172 cm³/mol. The third-order valence-corrected chi connectivity index (χ3v) is 7.80. The average molecular weight is 617 g/mol. The summed E-state index contributed by atoms with van der Waals surface area (Å²) >= 11 is 6.51. The van der Waals surface area contributed by atoms with Gasteiger partial charge in [0.25, 0.3) is 0 Å². The maximum atomic E-state index is 12.6. The van der Waals surface area contributed by atoms with Crippen molar-refractivity contribution < 1.29 is 19.4 Å². The SMILES string of the molecule is CCCCCCCCCCCCOC(=O)C(C)(C)CNC(=O)Nc1ccc(-c2nn3nc(C(C)(C)C)c(Cl)c3[nH]2)c(O)c1. The number of hydrogen-bond donors (Lipinski definition) is 4. The van der Waals surface area contributed by atoms with Crippen LogP contribution >= 0.6 is 11.6 Å². The van der Waals surface area contributed by atoms with Crippen LogP contribution in [0.3, 0.4) is 0 Å². The molecule has 0 atom stereocenters. The number of phenolic OH excluding ortho intramolecular Hbond substituents is 1. The van der Waals surface area contributed by atoms with Gasteiger partial charge in [-0.2, -0.15) is 5.10 Å². The summed E-state index contributed by atoms with van der Waals surface area (Å²) in [7, 11) is 0. The second-order valence-electron chi connectivity index (χ2n) is 13.0. The second kappa shape index (κ2) is 15.5. The Morgan fingerprint density at radius 3 is 2.19 bits per heavy atom. The molecule has 1 aromatic carbocycles. The largest absolute Gasteiger partial charge is 0.507 e. The number of urea groups is 1. The van der Waals surface area contributed by atoms with E-state index in [4.69, 9.17) is 16.3 Å². The van der Waals surface area contributed by atoms with Crippen molar-refractivity contribution in [2.24, 2.45) is 5.41 Å². The summed E-state index contributed by atoms with van der Waals surface area (Å²) in [6, 6.07) is 4.21. The van der Waals surface area contributed by atoms with Crippen molar-refractivity contribution in [1.82, 2.24) is 25.1 Å². The molecule has 0 aliphatic carbocycles. The lowest BCUT2D eigenvalue weighted by Crippen LogP contribution is -2.41. The molecule has 0 saturated heterocycles. The fourth-order valence-electron chi connectivity index (χ4n) is 4.71. The van der Waals surface area contributed by atoms with Crippen molar-refractivity contribution in [3.05, 3.63) is 28.9 Å². The first-order valence-corrected chi connectivity index (χ1v) is 15.9. The minimum atomic E-state index is -0.882. The number of esters is 1. The molecule has 0 fully saturated rings. The second-order valence-corrected chi connectivity index (χ2v) is 13.3. The molecule has 0 saturated carbocycles. The molecule has 11 heteroatoms. The first-order chi connectivity index (χ1) is 20.3. The Bertz CT molecular complexity index is 1360. The van der Waals surface area contributed by atoms with Gasteiger partial charge in [-0.05, 0) is 32.4 Å². The number of carbonyl (C=O) groups excluding carboxylic acids is 2. The number of unbranched alkanes of at least 4 members (excludes halogenated alkanes) is 9. The zero-order valence-electron chi connectivity index (χ0n) is 26.6. The van der Waals surface area contributed by atoms with Gasteiger partial charge in [0.05, 0.1) is 23.3 Å². The molecule has 238 valence electrons. The molecular weight excluding hydrogens is 568 g/mol. The van der Waals surface area contributed by atoms with Gasteiger partial charge >= 0.3 is 12.0 Å². The summed E-state index contributed by atoms with van der Waals surface area (Å²) in [6.45, 7) is 12.3. The number of halogens is 1. The Balaban J connectivity index is 1.41. The Morgan fingerprint density at radius 2 is 1.60 bits per heavy atom. The van der Waals surface area contributed by atoms with Crippen LogP contribution in [0.5, 0.6) is 5.75 Å². The number of phenols is 1. The van der Waals surface area contributed by atoms with Crippen LogP contribution in [-0.2, 0) is 14.9 Å². The van der Waals surface area contributed by atoms with Gasteiger partial charge in [0, 0.05) is 23.7 Å². The summed E-state index contributed by atoms with van der Waals surface area (Å²) in [4.78, 5) is 28.2. The molecule has 0 aliphatic rings. The van der Waals surface area contributed by atoms with Crippen LogP contribution in [0.2, 0.25) is 5.02 Å². The van der Waals surface area contributed by atoms with Crippen molar-refractivity contribution in [1.29, 1.82) is 0 Å². The lowest BCUT2D eigenvalue weighted by molar-refractivity contribution is -0.153. The third kappa shape index (κ3) is 9.88. The number of ether oxygens (including phenoxy) is 1. The van der Waals surface area contributed by atoms with Gasteiger partial charge in [0.1, 0.15) is 10.8 Å². The first kappa shape index (κ1) is 34.2. The van der Waals surface area contributed by atoms with E-state index in [0.717, 1.165) is 25.0 Å². The van der Waals surface area contributed by atoms with E-state index in [-0.39, 0.29) is 23.7 Å². The minimum Gasteiger partial charge on any atom is -0.507 e. The standard InChI is InChI=1S/C32H49ClN6O4/c1-7-8-9-10-11-12-13-14-15-16-19-43-29(41)32(5,6)21-34-30(42)35-22-17-18-23(24(40)20-22)27-36-28-25(33)26(31(2,3)4)37-39(28)38-27/h17-18,20,40H,7-16,19,21H2,1-6H3,(H,36,38)(H2,34,35,42). The van der Waals surface area contributed by atoms with E-state index in [1.165, 1.54) is 55.6 Å². The molecule has 4 N–H and O–H groups in total. The summed E-state index contributed by atoms with van der Waals surface area (Å²) in [5.41, 5.74) is 0.934. The highest BCUT2D eigenvalue weighted by Crippen LogP contribution is 2.34. The maximum absolute atomic E-state index is 12.6. The van der Waals surface area contributed by atoms with Crippen molar-refractivity contribution in [3.63, 3.8) is 0 Å². The number of rotatable bonds is 16. The molecule has 2 amide bonds. The Hall–Kier alpha value is -3.27. The summed E-state index contributed by atoms with van der Waals surface area (Å²) in [5.74, 6) is -0.0421. The van der Waals surface area contributed by atoms with E-state index < -0.39 is 11.4 Å². The number of benzene rings is 1. The summed E-state index contributed by atoms with van der Waals surface area (Å²) in [6.07, 6.45) is 12.2. The number of fused-ring (bicyclic) bond motifs is 1. The van der Waals surface area contributed by atoms with Gasteiger partial charge in [-0.25, -0.2) is 4.79 Å². The van der Waals surface area contributed by atoms with Gasteiger partial charge < -0.3 is 25.5 Å². The van der Waals surface area contributed by atoms with Crippen molar-refractivity contribution in [2.75, 3.05) is 18.5 Å². The molecule has 0 bridgehead atoms. The quantitative estimate of drug-likeness (QED) is 0.0951. The number of hydrogen-bond acceptors (Lipinski definition) is 6. The lowest BCUT2D eigenvalue weighted by atomic mass is 9.92. The third-order valence-electron chi connectivity index (χ3n) is 7.44. The van der Waals surface area contributed by atoms with E-state index in [9.17, 15) is 14.7 Å². The lowest BCUT2D eigenvalue weighted by Gasteiger charge is -2.23. The van der Waals surface area contributed by atoms with Gasteiger partial charge in [0.2, 0.25) is 0 Å². The molecule has 3 aromatic rings. The van der Waals surface area contributed by atoms with Crippen molar-refractivity contribution >= 4 is 34.9 Å². The van der Waals surface area contributed by atoms with Crippen LogP contribution in [-0.4, -0.2) is 50.1 Å². The fourth-order valence-corrected chi connectivity index (χ4v) is 5.15. The normalized spacial score (nSPS) is 12.1. The monoisotopic (exact) mass is 616 g/mol. The molecule has 0 unspecified atom stereocenters. The van der Waals surface area contributed by atoms with E-state index in [1.807, 2.05) is 20.8 Å². The van der Waals surface area contributed by atoms with Crippen LogP contribution in [0.25, 0.3) is 17.0 Å². The molecule has 0 radical (unpaired) electrons. The van der Waals surface area contributed by atoms with Gasteiger partial charge in [-0.3, -0.25) is 4.79 Å².